The molecule has 1 aromatic carbocycles. The average Bonchev–Trinajstić information content (AvgIpc) is 2.83. The van der Waals surface area contributed by atoms with Crippen LogP contribution in [0.1, 0.15) is 64.7 Å². The summed E-state index contributed by atoms with van der Waals surface area (Å²) >= 11 is 0. The van der Waals surface area contributed by atoms with E-state index in [2.05, 4.69) is 62.0 Å². The molecule has 3 nitrogen and oxygen atoms in total. The highest BCUT2D eigenvalue weighted by Gasteiger charge is 2.17. The zero-order chi connectivity index (χ0) is 15.2. The first-order chi connectivity index (χ1) is 10.2. The monoisotopic (exact) mass is 287 g/mol. The number of aryl methyl sites for hydroxylation is 1. The van der Waals surface area contributed by atoms with E-state index in [1.165, 1.54) is 37.6 Å². The average molecular weight is 287 g/mol. The summed E-state index contributed by atoms with van der Waals surface area (Å²) < 4.78 is 2.22. The molecule has 3 heteroatoms. The molecule has 116 valence electrons. The Morgan fingerprint density at radius 2 is 1.90 bits per heavy atom. The molecular weight excluding hydrogens is 258 g/mol. The van der Waals surface area contributed by atoms with Gasteiger partial charge in [-0.2, -0.15) is 0 Å². The summed E-state index contributed by atoms with van der Waals surface area (Å²) in [6.07, 6.45) is 6.30. The van der Waals surface area contributed by atoms with E-state index in [1.807, 2.05) is 0 Å². The van der Waals surface area contributed by atoms with Gasteiger partial charge in [-0.05, 0) is 31.9 Å². The van der Waals surface area contributed by atoms with E-state index in [0.717, 1.165) is 11.3 Å². The summed E-state index contributed by atoms with van der Waals surface area (Å²) in [6.45, 7) is 6.76. The van der Waals surface area contributed by atoms with E-state index >= 15 is 0 Å². The first-order valence-electron chi connectivity index (χ1n) is 8.34. The number of fused-ring (bicyclic) bond motifs is 1. The zero-order valence-corrected chi connectivity index (χ0v) is 13.9. The quantitative estimate of drug-likeness (QED) is 0.770. The third-order valence-corrected chi connectivity index (χ3v) is 4.24. The molecule has 2 rings (SSSR count). The number of benzene rings is 1. The Hall–Kier alpha value is -1.35. The van der Waals surface area contributed by atoms with E-state index in [1.54, 1.807) is 0 Å². The van der Waals surface area contributed by atoms with E-state index in [-0.39, 0.29) is 6.04 Å². The Morgan fingerprint density at radius 3 is 2.57 bits per heavy atom. The summed E-state index contributed by atoms with van der Waals surface area (Å²) in [4.78, 5) is 4.81. The molecule has 1 N–H and O–H groups in total. The lowest BCUT2D eigenvalue weighted by molar-refractivity contribution is 0.384. The first kappa shape index (κ1) is 16.0. The fraction of sp³-hybridized carbons (Fsp3) is 0.611. The van der Waals surface area contributed by atoms with Crippen LogP contribution in [-0.4, -0.2) is 15.6 Å². The molecule has 0 aliphatic rings. The van der Waals surface area contributed by atoms with Gasteiger partial charge in [0.1, 0.15) is 5.82 Å². The van der Waals surface area contributed by atoms with Gasteiger partial charge in [0.15, 0.2) is 0 Å². The number of unbranched alkanes of at least 4 members (excludes halogenated alkanes) is 1. The van der Waals surface area contributed by atoms with Crippen molar-refractivity contribution < 1.29 is 0 Å². The highest BCUT2D eigenvalue weighted by Crippen LogP contribution is 2.20. The minimum atomic E-state index is 0.288. The van der Waals surface area contributed by atoms with Gasteiger partial charge in [0, 0.05) is 13.1 Å². The van der Waals surface area contributed by atoms with Gasteiger partial charge in [-0.15, -0.1) is 0 Å². The van der Waals surface area contributed by atoms with Crippen molar-refractivity contribution in [2.24, 2.45) is 7.05 Å². The zero-order valence-electron chi connectivity index (χ0n) is 13.9. The molecule has 2 unspecified atom stereocenters. The minimum Gasteiger partial charge on any atom is -0.330 e. The summed E-state index contributed by atoms with van der Waals surface area (Å²) in [7, 11) is 2.11. The highest BCUT2D eigenvalue weighted by molar-refractivity contribution is 5.75. The molecule has 0 saturated heterocycles. The number of nitrogens with zero attached hydrogens (tertiary/aromatic N) is 2. The Labute approximate surface area is 128 Å². The standard InChI is InChI=1S/C18H29N3/c1-5-7-11-15(10-6-2)19-14(3)18-20-16-12-8-9-13-17(16)21(18)4/h8-9,12-15,19H,5-7,10-11H2,1-4H3. The Balaban J connectivity index is 2.12. The van der Waals surface area contributed by atoms with Crippen molar-refractivity contribution >= 4 is 11.0 Å². The van der Waals surface area contributed by atoms with Gasteiger partial charge in [-0.3, -0.25) is 0 Å². The van der Waals surface area contributed by atoms with Crippen LogP contribution in [0.3, 0.4) is 0 Å². The summed E-state index contributed by atoms with van der Waals surface area (Å²) in [5.74, 6) is 1.13. The van der Waals surface area contributed by atoms with Crippen LogP contribution in [0.25, 0.3) is 11.0 Å². The van der Waals surface area contributed by atoms with Gasteiger partial charge in [0.25, 0.3) is 0 Å². The number of imidazole rings is 1. The Morgan fingerprint density at radius 1 is 1.14 bits per heavy atom. The van der Waals surface area contributed by atoms with Gasteiger partial charge in [-0.1, -0.05) is 45.2 Å². The third kappa shape index (κ3) is 3.85. The van der Waals surface area contributed by atoms with Gasteiger partial charge < -0.3 is 9.88 Å². The van der Waals surface area contributed by atoms with Crippen molar-refractivity contribution in [2.75, 3.05) is 0 Å². The molecule has 1 heterocycles. The number of hydrogen-bond acceptors (Lipinski definition) is 2. The molecule has 0 radical (unpaired) electrons. The van der Waals surface area contributed by atoms with E-state index in [9.17, 15) is 0 Å². The predicted octanol–water partition coefficient (Wildman–Crippen LogP) is 4.58. The van der Waals surface area contributed by atoms with E-state index in [0.29, 0.717) is 6.04 Å². The maximum Gasteiger partial charge on any atom is 0.126 e. The molecule has 0 aliphatic carbocycles. The number of para-hydroxylation sites is 2. The number of hydrogen-bond donors (Lipinski definition) is 1. The van der Waals surface area contributed by atoms with Crippen LogP contribution in [0.2, 0.25) is 0 Å². The molecule has 0 aliphatic heterocycles. The summed E-state index contributed by atoms with van der Waals surface area (Å²) in [5.41, 5.74) is 2.30. The molecule has 0 saturated carbocycles. The van der Waals surface area contributed by atoms with Crippen molar-refractivity contribution in [3.8, 4) is 0 Å². The van der Waals surface area contributed by atoms with Gasteiger partial charge in [0.2, 0.25) is 0 Å². The van der Waals surface area contributed by atoms with Crippen molar-refractivity contribution in [3.63, 3.8) is 0 Å². The Bertz CT molecular complexity index is 559. The van der Waals surface area contributed by atoms with Crippen LogP contribution in [-0.2, 0) is 7.05 Å². The largest absolute Gasteiger partial charge is 0.330 e. The molecule has 21 heavy (non-hydrogen) atoms. The molecule has 0 bridgehead atoms. The van der Waals surface area contributed by atoms with Crippen molar-refractivity contribution in [1.82, 2.24) is 14.9 Å². The summed E-state index contributed by atoms with van der Waals surface area (Å²) in [6, 6.07) is 9.25. The number of nitrogens with one attached hydrogen (secondary N) is 1. The maximum absolute atomic E-state index is 4.81. The molecule has 0 fully saturated rings. The van der Waals surface area contributed by atoms with Crippen molar-refractivity contribution in [1.29, 1.82) is 0 Å². The molecule has 2 aromatic rings. The molecule has 0 amide bonds. The minimum absolute atomic E-state index is 0.288. The van der Waals surface area contributed by atoms with E-state index in [4.69, 9.17) is 4.98 Å². The fourth-order valence-corrected chi connectivity index (χ4v) is 3.09. The lowest BCUT2D eigenvalue weighted by atomic mass is 10.0. The lowest BCUT2D eigenvalue weighted by Crippen LogP contribution is -2.32. The fourth-order valence-electron chi connectivity index (χ4n) is 3.09. The first-order valence-corrected chi connectivity index (χ1v) is 8.34. The van der Waals surface area contributed by atoms with Gasteiger partial charge in [-0.25, -0.2) is 4.98 Å². The topological polar surface area (TPSA) is 29.9 Å². The number of aromatic nitrogens is 2. The van der Waals surface area contributed by atoms with Crippen LogP contribution in [0.4, 0.5) is 0 Å². The smallest absolute Gasteiger partial charge is 0.126 e. The lowest BCUT2D eigenvalue weighted by Gasteiger charge is -2.23. The van der Waals surface area contributed by atoms with Crippen LogP contribution < -0.4 is 5.32 Å². The van der Waals surface area contributed by atoms with Crippen molar-refractivity contribution in [3.05, 3.63) is 30.1 Å². The Kier molecular flexibility index (Phi) is 5.80. The normalized spacial score (nSPS) is 14.5. The van der Waals surface area contributed by atoms with Crippen LogP contribution >= 0.6 is 0 Å². The molecular formula is C18H29N3. The second kappa shape index (κ2) is 7.60. The van der Waals surface area contributed by atoms with Crippen LogP contribution in [0, 0.1) is 0 Å². The maximum atomic E-state index is 4.81. The predicted molar refractivity (Wildman–Crippen MR) is 90.5 cm³/mol. The molecule has 1 aromatic heterocycles. The second-order valence-electron chi connectivity index (χ2n) is 6.03. The summed E-state index contributed by atoms with van der Waals surface area (Å²) in [5, 5.41) is 3.79. The van der Waals surface area contributed by atoms with Gasteiger partial charge in [0.05, 0.1) is 17.1 Å². The van der Waals surface area contributed by atoms with Crippen LogP contribution in [0.15, 0.2) is 24.3 Å². The number of rotatable bonds is 8. The molecule has 0 spiro atoms. The van der Waals surface area contributed by atoms with Crippen molar-refractivity contribution in [2.45, 2.75) is 65.0 Å². The van der Waals surface area contributed by atoms with Gasteiger partial charge >= 0.3 is 0 Å². The van der Waals surface area contributed by atoms with Crippen LogP contribution in [0.5, 0.6) is 0 Å². The van der Waals surface area contributed by atoms with E-state index < -0.39 is 0 Å². The highest BCUT2D eigenvalue weighted by atomic mass is 15.1. The molecule has 2 atom stereocenters. The second-order valence-corrected chi connectivity index (χ2v) is 6.03. The third-order valence-electron chi connectivity index (χ3n) is 4.24. The SMILES string of the molecule is CCCCC(CCC)NC(C)c1nc2ccccc2n1C.